The van der Waals surface area contributed by atoms with Crippen LogP contribution in [0.4, 0.5) is 15.2 Å². The highest BCUT2D eigenvalue weighted by atomic mass is 32.1. The van der Waals surface area contributed by atoms with E-state index in [-0.39, 0.29) is 5.82 Å². The summed E-state index contributed by atoms with van der Waals surface area (Å²) in [6.45, 7) is 3.38. The van der Waals surface area contributed by atoms with Crippen molar-refractivity contribution < 1.29 is 9.29 Å². The number of nitrogens with one attached hydrogen (secondary N) is 2. The minimum Gasteiger partial charge on any atom is -0.330 e. The molecule has 1 unspecified atom stereocenters. The van der Waals surface area contributed by atoms with Gasteiger partial charge in [-0.3, -0.25) is 0 Å². The minimum absolute atomic E-state index is 0.208. The lowest BCUT2D eigenvalue weighted by Gasteiger charge is -2.13. The summed E-state index contributed by atoms with van der Waals surface area (Å²) in [6.07, 6.45) is 0. The molecule has 2 N–H and O–H groups in total. The van der Waals surface area contributed by atoms with Crippen LogP contribution in [0, 0.1) is 16.7 Å². The van der Waals surface area contributed by atoms with Crippen molar-refractivity contribution in [3.63, 3.8) is 0 Å². The molecule has 0 saturated carbocycles. The van der Waals surface area contributed by atoms with Crippen molar-refractivity contribution in [2.75, 3.05) is 12.4 Å². The number of anilines is 2. The van der Waals surface area contributed by atoms with E-state index in [0.29, 0.717) is 17.2 Å². The van der Waals surface area contributed by atoms with Crippen LogP contribution in [-0.2, 0) is 13.2 Å². The number of nitrogens with zero attached hydrogens (tertiary/aromatic N) is 2. The van der Waals surface area contributed by atoms with Gasteiger partial charge >= 0.3 is 0 Å². The van der Waals surface area contributed by atoms with Crippen LogP contribution in [0.25, 0.3) is 0 Å². The van der Waals surface area contributed by atoms with Gasteiger partial charge in [0.15, 0.2) is 10.6 Å². The minimum atomic E-state index is -0.208. The fourth-order valence-corrected chi connectivity index (χ4v) is 3.64. The van der Waals surface area contributed by atoms with Gasteiger partial charge in [-0.15, -0.1) is 5.10 Å². The van der Waals surface area contributed by atoms with Gasteiger partial charge < -0.3 is 10.2 Å². The zero-order chi connectivity index (χ0) is 17.8. The fraction of sp³-hybridized carbons (Fsp3) is 0.222. The number of quaternary nitrogens is 1. The van der Waals surface area contributed by atoms with E-state index in [1.54, 1.807) is 12.1 Å². The summed E-state index contributed by atoms with van der Waals surface area (Å²) >= 11 is 6.87. The quantitative estimate of drug-likeness (QED) is 0.647. The summed E-state index contributed by atoms with van der Waals surface area (Å²) in [4.78, 5) is 1.18. The Hall–Kier alpha value is -2.09. The maximum Gasteiger partial charge on any atom is 0.209 e. The Morgan fingerprint density at radius 1 is 1.24 bits per heavy atom. The SMILES string of the molecule is Cc1cccc(Nc2nn(C[NH+](C)Cc3cccc(F)c3)c(=S)s2)c1. The molecule has 3 rings (SSSR count). The highest BCUT2D eigenvalue weighted by molar-refractivity contribution is 7.73. The molecule has 0 aliphatic rings. The second-order valence-electron chi connectivity index (χ2n) is 6.09. The number of benzene rings is 2. The molecule has 0 fully saturated rings. The largest absolute Gasteiger partial charge is 0.330 e. The number of hydrogen-bond acceptors (Lipinski definition) is 4. The van der Waals surface area contributed by atoms with Crippen molar-refractivity contribution in [1.29, 1.82) is 0 Å². The zero-order valence-corrected chi connectivity index (χ0v) is 15.8. The van der Waals surface area contributed by atoms with Crippen molar-refractivity contribution >= 4 is 34.4 Å². The third-order valence-electron chi connectivity index (χ3n) is 3.69. The van der Waals surface area contributed by atoms with Gasteiger partial charge in [0.2, 0.25) is 5.13 Å². The third kappa shape index (κ3) is 4.94. The van der Waals surface area contributed by atoms with Crippen molar-refractivity contribution in [1.82, 2.24) is 9.78 Å². The number of halogens is 1. The third-order valence-corrected chi connectivity index (χ3v) is 4.91. The molecule has 0 aliphatic carbocycles. The molecule has 25 heavy (non-hydrogen) atoms. The Morgan fingerprint density at radius 3 is 2.80 bits per heavy atom. The smallest absolute Gasteiger partial charge is 0.209 e. The summed E-state index contributed by atoms with van der Waals surface area (Å²) < 4.78 is 15.8. The summed E-state index contributed by atoms with van der Waals surface area (Å²) in [7, 11) is 2.04. The molecule has 0 bridgehead atoms. The number of hydrogen-bond donors (Lipinski definition) is 2. The van der Waals surface area contributed by atoms with Crippen LogP contribution in [0.1, 0.15) is 11.1 Å². The van der Waals surface area contributed by atoms with Crippen LogP contribution in [0.2, 0.25) is 0 Å². The first-order valence-corrected chi connectivity index (χ1v) is 9.19. The molecule has 3 aromatic rings. The lowest BCUT2D eigenvalue weighted by molar-refractivity contribution is -0.917. The van der Waals surface area contributed by atoms with Crippen LogP contribution >= 0.6 is 23.6 Å². The maximum atomic E-state index is 13.3. The predicted octanol–water partition coefficient (Wildman–Crippen LogP) is 3.54. The Labute approximate surface area is 155 Å². The van der Waals surface area contributed by atoms with E-state index in [4.69, 9.17) is 12.2 Å². The molecule has 1 atom stereocenters. The van der Waals surface area contributed by atoms with Crippen molar-refractivity contribution in [3.8, 4) is 0 Å². The van der Waals surface area contributed by atoms with Crippen LogP contribution in [0.15, 0.2) is 48.5 Å². The first-order chi connectivity index (χ1) is 12.0. The van der Waals surface area contributed by atoms with Gasteiger partial charge in [-0.2, -0.15) is 4.68 Å². The molecule has 4 nitrogen and oxygen atoms in total. The maximum absolute atomic E-state index is 13.3. The van der Waals surface area contributed by atoms with E-state index in [9.17, 15) is 4.39 Å². The van der Waals surface area contributed by atoms with Gasteiger partial charge in [-0.05, 0) is 49.0 Å². The molecular weight excluding hydrogens is 355 g/mol. The van der Waals surface area contributed by atoms with Crippen molar-refractivity contribution in [2.45, 2.75) is 20.1 Å². The first kappa shape index (κ1) is 17.7. The molecule has 0 radical (unpaired) electrons. The van der Waals surface area contributed by atoms with Gasteiger partial charge in [-0.25, -0.2) is 4.39 Å². The van der Waals surface area contributed by atoms with Crippen LogP contribution in [-0.4, -0.2) is 16.8 Å². The predicted molar refractivity (Wildman–Crippen MR) is 102 cm³/mol. The highest BCUT2D eigenvalue weighted by Gasteiger charge is 2.10. The second kappa shape index (κ2) is 7.86. The molecule has 0 saturated heterocycles. The Morgan fingerprint density at radius 2 is 2.04 bits per heavy atom. The van der Waals surface area contributed by atoms with Gasteiger partial charge in [-0.1, -0.05) is 35.6 Å². The highest BCUT2D eigenvalue weighted by Crippen LogP contribution is 2.20. The molecule has 0 aliphatic heterocycles. The van der Waals surface area contributed by atoms with Gasteiger partial charge in [0.25, 0.3) is 0 Å². The number of aromatic nitrogens is 2. The standard InChI is InChI=1S/C18H19FN4S2/c1-13-5-3-8-16(9-13)20-17-21-23(18(24)25-17)12-22(2)11-14-6-4-7-15(19)10-14/h3-10H,11-12H2,1-2H3,(H,20,21)/p+1. The lowest BCUT2D eigenvalue weighted by atomic mass is 10.2. The second-order valence-corrected chi connectivity index (χ2v) is 7.71. The summed E-state index contributed by atoms with van der Waals surface area (Å²) in [6, 6.07) is 14.8. The molecule has 0 spiro atoms. The van der Waals surface area contributed by atoms with E-state index >= 15 is 0 Å². The molecule has 130 valence electrons. The number of rotatable bonds is 6. The van der Waals surface area contributed by atoms with Crippen molar-refractivity contribution in [2.24, 2.45) is 0 Å². The van der Waals surface area contributed by atoms with E-state index in [1.165, 1.54) is 27.9 Å². The van der Waals surface area contributed by atoms with Gasteiger partial charge in [0.05, 0.1) is 7.05 Å². The average molecular weight is 376 g/mol. The molecule has 0 amide bonds. The summed E-state index contributed by atoms with van der Waals surface area (Å²) in [5.41, 5.74) is 3.14. The molecule has 7 heteroatoms. The van der Waals surface area contributed by atoms with E-state index in [1.807, 2.05) is 29.9 Å². The van der Waals surface area contributed by atoms with Gasteiger partial charge in [0.1, 0.15) is 12.4 Å². The van der Waals surface area contributed by atoms with E-state index in [2.05, 4.69) is 29.5 Å². The first-order valence-electron chi connectivity index (χ1n) is 7.97. The Bertz CT molecular complexity index is 919. The van der Waals surface area contributed by atoms with E-state index in [0.717, 1.165) is 16.4 Å². The average Bonchev–Trinajstić information content (AvgIpc) is 2.86. The lowest BCUT2D eigenvalue weighted by Crippen LogP contribution is -3.07. The topological polar surface area (TPSA) is 34.3 Å². The summed E-state index contributed by atoms with van der Waals surface area (Å²) in [5.74, 6) is -0.208. The monoisotopic (exact) mass is 375 g/mol. The number of aryl methyl sites for hydroxylation is 1. The Balaban J connectivity index is 1.67. The normalized spacial score (nSPS) is 12.1. The summed E-state index contributed by atoms with van der Waals surface area (Å²) in [5, 5.41) is 8.63. The van der Waals surface area contributed by atoms with E-state index < -0.39 is 0 Å². The zero-order valence-electron chi connectivity index (χ0n) is 14.1. The molecule has 1 heterocycles. The fourth-order valence-electron chi connectivity index (χ4n) is 2.61. The molecule has 2 aromatic carbocycles. The van der Waals surface area contributed by atoms with Crippen molar-refractivity contribution in [3.05, 3.63) is 69.4 Å². The molecular formula is C18H20FN4S2+. The van der Waals surface area contributed by atoms with Crippen LogP contribution < -0.4 is 10.2 Å². The van der Waals surface area contributed by atoms with Gasteiger partial charge in [0, 0.05) is 11.3 Å². The molecule has 1 aromatic heterocycles. The van der Waals surface area contributed by atoms with Crippen LogP contribution in [0.5, 0.6) is 0 Å². The Kier molecular flexibility index (Phi) is 5.57. The van der Waals surface area contributed by atoms with Crippen LogP contribution in [0.3, 0.4) is 0 Å².